The number of aromatic nitrogens is 2. The maximum Gasteiger partial charge on any atom is 0.258 e. The SMILES string of the molecule is Cc1ccc(-c2nc(-c3cc(F)c(O)c(F)c3)no2)cc1NCc1ccc(F)cc1. The van der Waals surface area contributed by atoms with E-state index in [9.17, 15) is 18.3 Å². The molecule has 2 N–H and O–H groups in total. The minimum atomic E-state index is -1.11. The summed E-state index contributed by atoms with van der Waals surface area (Å²) in [6.07, 6.45) is 0. The van der Waals surface area contributed by atoms with Gasteiger partial charge < -0.3 is 14.9 Å². The first-order chi connectivity index (χ1) is 14.4. The van der Waals surface area contributed by atoms with Crippen molar-refractivity contribution in [2.75, 3.05) is 5.32 Å². The van der Waals surface area contributed by atoms with Gasteiger partial charge in [-0.3, -0.25) is 0 Å². The number of aryl methyl sites for hydroxylation is 1. The fraction of sp³-hybridized carbons (Fsp3) is 0.0909. The van der Waals surface area contributed by atoms with E-state index >= 15 is 0 Å². The van der Waals surface area contributed by atoms with E-state index in [2.05, 4.69) is 15.5 Å². The van der Waals surface area contributed by atoms with E-state index in [-0.39, 0.29) is 23.1 Å². The summed E-state index contributed by atoms with van der Waals surface area (Å²) in [6.45, 7) is 2.42. The minimum Gasteiger partial charge on any atom is -0.503 e. The molecule has 1 heterocycles. The molecule has 5 nitrogen and oxygen atoms in total. The van der Waals surface area contributed by atoms with Crippen molar-refractivity contribution in [3.05, 3.63) is 83.2 Å². The molecule has 0 saturated carbocycles. The number of anilines is 1. The summed E-state index contributed by atoms with van der Waals surface area (Å²) in [6, 6.07) is 13.5. The highest BCUT2D eigenvalue weighted by Crippen LogP contribution is 2.29. The van der Waals surface area contributed by atoms with Crippen LogP contribution in [0.2, 0.25) is 0 Å². The van der Waals surface area contributed by atoms with Gasteiger partial charge >= 0.3 is 0 Å². The van der Waals surface area contributed by atoms with Crippen LogP contribution in [0.1, 0.15) is 11.1 Å². The molecule has 0 fully saturated rings. The molecule has 0 aliphatic rings. The molecular weight excluding hydrogens is 395 g/mol. The lowest BCUT2D eigenvalue weighted by atomic mass is 10.1. The van der Waals surface area contributed by atoms with Crippen molar-refractivity contribution in [3.63, 3.8) is 0 Å². The average Bonchev–Trinajstić information content (AvgIpc) is 3.22. The van der Waals surface area contributed by atoms with E-state index in [0.717, 1.165) is 28.9 Å². The van der Waals surface area contributed by atoms with Crippen molar-refractivity contribution in [3.8, 4) is 28.6 Å². The smallest absolute Gasteiger partial charge is 0.258 e. The highest BCUT2D eigenvalue weighted by atomic mass is 19.1. The third-order valence-electron chi connectivity index (χ3n) is 4.58. The van der Waals surface area contributed by atoms with Crippen LogP contribution in [0.3, 0.4) is 0 Å². The van der Waals surface area contributed by atoms with Crippen molar-refractivity contribution < 1.29 is 22.8 Å². The van der Waals surface area contributed by atoms with E-state index in [4.69, 9.17) is 4.52 Å². The molecule has 0 unspecified atom stereocenters. The average molecular weight is 411 g/mol. The van der Waals surface area contributed by atoms with Gasteiger partial charge in [-0.2, -0.15) is 4.98 Å². The minimum absolute atomic E-state index is 0.0100. The summed E-state index contributed by atoms with van der Waals surface area (Å²) in [7, 11) is 0. The Kier molecular flexibility index (Phi) is 5.14. The Morgan fingerprint density at radius 1 is 0.933 bits per heavy atom. The molecule has 152 valence electrons. The lowest BCUT2D eigenvalue weighted by Crippen LogP contribution is -2.01. The second-order valence-electron chi connectivity index (χ2n) is 6.72. The van der Waals surface area contributed by atoms with E-state index in [1.54, 1.807) is 18.2 Å². The lowest BCUT2D eigenvalue weighted by molar-refractivity contribution is 0.396. The molecule has 4 rings (SSSR count). The van der Waals surface area contributed by atoms with Crippen LogP contribution in [0.15, 0.2) is 59.1 Å². The van der Waals surface area contributed by atoms with Crippen molar-refractivity contribution in [2.24, 2.45) is 0 Å². The van der Waals surface area contributed by atoms with Gasteiger partial charge in [0.2, 0.25) is 5.82 Å². The largest absolute Gasteiger partial charge is 0.503 e. The van der Waals surface area contributed by atoms with Crippen molar-refractivity contribution in [2.45, 2.75) is 13.5 Å². The van der Waals surface area contributed by atoms with Crippen LogP contribution in [-0.2, 0) is 6.54 Å². The Bertz CT molecular complexity index is 1180. The van der Waals surface area contributed by atoms with Crippen LogP contribution in [-0.4, -0.2) is 15.2 Å². The maximum atomic E-state index is 13.6. The van der Waals surface area contributed by atoms with Crippen LogP contribution in [0.25, 0.3) is 22.8 Å². The number of hydrogen-bond acceptors (Lipinski definition) is 5. The van der Waals surface area contributed by atoms with Gasteiger partial charge in [0.1, 0.15) is 5.82 Å². The molecule has 0 radical (unpaired) electrons. The van der Waals surface area contributed by atoms with Gasteiger partial charge in [0, 0.05) is 23.4 Å². The summed E-state index contributed by atoms with van der Waals surface area (Å²) in [5.41, 5.74) is 3.36. The molecule has 0 amide bonds. The Balaban J connectivity index is 1.58. The molecule has 30 heavy (non-hydrogen) atoms. The van der Waals surface area contributed by atoms with E-state index in [1.165, 1.54) is 12.1 Å². The van der Waals surface area contributed by atoms with E-state index < -0.39 is 17.4 Å². The molecule has 0 aliphatic carbocycles. The molecule has 0 bridgehead atoms. The zero-order chi connectivity index (χ0) is 21.3. The first-order valence-electron chi connectivity index (χ1n) is 9.02. The van der Waals surface area contributed by atoms with Gasteiger partial charge in [0.15, 0.2) is 17.4 Å². The van der Waals surface area contributed by atoms with Gasteiger partial charge in [-0.05, 0) is 54.4 Å². The monoisotopic (exact) mass is 411 g/mol. The Hall–Kier alpha value is -3.81. The number of aromatic hydroxyl groups is 1. The topological polar surface area (TPSA) is 71.2 Å². The van der Waals surface area contributed by atoms with Crippen LogP contribution in [0.4, 0.5) is 18.9 Å². The van der Waals surface area contributed by atoms with Gasteiger partial charge in [-0.25, -0.2) is 13.2 Å². The number of rotatable bonds is 5. The first kappa shape index (κ1) is 19.5. The number of nitrogens with zero attached hydrogens (tertiary/aromatic N) is 2. The normalized spacial score (nSPS) is 10.9. The molecular formula is C22H16F3N3O2. The lowest BCUT2D eigenvalue weighted by Gasteiger charge is -2.10. The van der Waals surface area contributed by atoms with Gasteiger partial charge in [0.05, 0.1) is 0 Å². The Labute approximate surface area is 169 Å². The molecule has 8 heteroatoms. The summed E-state index contributed by atoms with van der Waals surface area (Å²) in [5.74, 6) is -3.42. The second-order valence-corrected chi connectivity index (χ2v) is 6.72. The third kappa shape index (κ3) is 3.98. The molecule has 1 aromatic heterocycles. The summed E-state index contributed by atoms with van der Waals surface area (Å²) in [5, 5.41) is 16.3. The van der Waals surface area contributed by atoms with Crippen LogP contribution >= 0.6 is 0 Å². The van der Waals surface area contributed by atoms with Crippen molar-refractivity contribution >= 4 is 5.69 Å². The van der Waals surface area contributed by atoms with Crippen molar-refractivity contribution in [1.82, 2.24) is 10.1 Å². The predicted octanol–water partition coefficient (Wildman–Crippen LogP) is 5.45. The predicted molar refractivity (Wildman–Crippen MR) is 105 cm³/mol. The highest BCUT2D eigenvalue weighted by molar-refractivity contribution is 5.66. The number of phenolic OH excluding ortho intramolecular Hbond substituents is 1. The summed E-state index contributed by atoms with van der Waals surface area (Å²) >= 11 is 0. The number of halogens is 3. The number of nitrogens with one attached hydrogen (secondary N) is 1. The summed E-state index contributed by atoms with van der Waals surface area (Å²) in [4.78, 5) is 4.20. The first-order valence-corrected chi connectivity index (χ1v) is 9.02. The van der Waals surface area contributed by atoms with Gasteiger partial charge in [-0.15, -0.1) is 0 Å². The fourth-order valence-corrected chi connectivity index (χ4v) is 2.90. The summed E-state index contributed by atoms with van der Waals surface area (Å²) < 4.78 is 45.5. The van der Waals surface area contributed by atoms with Crippen LogP contribution in [0, 0.1) is 24.4 Å². The zero-order valence-corrected chi connectivity index (χ0v) is 15.8. The Morgan fingerprint density at radius 3 is 2.33 bits per heavy atom. The van der Waals surface area contributed by atoms with Crippen LogP contribution in [0.5, 0.6) is 5.75 Å². The van der Waals surface area contributed by atoms with Gasteiger partial charge in [0.25, 0.3) is 5.89 Å². The molecule has 0 saturated heterocycles. The molecule has 3 aromatic carbocycles. The standard InChI is InChI=1S/C22H16F3N3O2/c1-12-2-5-14(10-19(12)26-11-13-3-6-16(23)7-4-13)22-27-21(28-30-22)15-8-17(24)20(29)18(25)9-15/h2-10,26,29H,11H2,1H3. The molecule has 0 aliphatic heterocycles. The Morgan fingerprint density at radius 2 is 1.63 bits per heavy atom. The zero-order valence-electron chi connectivity index (χ0n) is 15.8. The van der Waals surface area contributed by atoms with Crippen LogP contribution < -0.4 is 5.32 Å². The van der Waals surface area contributed by atoms with Gasteiger partial charge in [-0.1, -0.05) is 23.4 Å². The second kappa shape index (κ2) is 7.90. The molecule has 4 aromatic rings. The molecule has 0 atom stereocenters. The number of phenols is 1. The van der Waals surface area contributed by atoms with E-state index in [1.807, 2.05) is 19.1 Å². The quantitative estimate of drug-likeness (QED) is 0.457. The maximum absolute atomic E-state index is 13.6. The number of hydrogen-bond donors (Lipinski definition) is 2. The number of benzene rings is 3. The van der Waals surface area contributed by atoms with Crippen molar-refractivity contribution in [1.29, 1.82) is 0 Å². The van der Waals surface area contributed by atoms with E-state index in [0.29, 0.717) is 12.1 Å². The highest BCUT2D eigenvalue weighted by Gasteiger charge is 2.16. The molecule has 0 spiro atoms. The third-order valence-corrected chi connectivity index (χ3v) is 4.58. The fourth-order valence-electron chi connectivity index (χ4n) is 2.90.